The van der Waals surface area contributed by atoms with E-state index in [-0.39, 0.29) is 17.1 Å². The van der Waals surface area contributed by atoms with Gasteiger partial charge in [0.05, 0.1) is 13.2 Å². The Morgan fingerprint density at radius 3 is 2.22 bits per heavy atom. The quantitative estimate of drug-likeness (QED) is 0.361. The summed E-state index contributed by atoms with van der Waals surface area (Å²) in [6.07, 6.45) is 9.14. The highest BCUT2D eigenvalue weighted by Gasteiger charge is 2.57. The van der Waals surface area contributed by atoms with E-state index in [1.54, 1.807) is 30.3 Å². The van der Waals surface area contributed by atoms with Gasteiger partial charge in [0.2, 0.25) is 5.57 Å². The maximum atomic E-state index is 15.7. The molecule has 1 aromatic carbocycles. The van der Waals surface area contributed by atoms with Gasteiger partial charge in [0.25, 0.3) is 0 Å². The van der Waals surface area contributed by atoms with Gasteiger partial charge in [-0.15, -0.1) is 0 Å². The second-order valence-electron chi connectivity index (χ2n) is 8.89. The number of benzene rings is 1. The fraction of sp³-hybridized carbons (Fsp3) is 0.600. The average molecular weight is 448 g/mol. The molecule has 0 amide bonds. The summed E-state index contributed by atoms with van der Waals surface area (Å²) < 4.78 is 42.6. The van der Waals surface area contributed by atoms with Crippen LogP contribution in [-0.4, -0.2) is 48.4 Å². The molecule has 1 aromatic rings. The fourth-order valence-corrected chi connectivity index (χ4v) is 4.47. The van der Waals surface area contributed by atoms with E-state index < -0.39 is 25.1 Å². The molecule has 2 atom stereocenters. The van der Waals surface area contributed by atoms with Crippen LogP contribution in [0, 0.1) is 5.92 Å². The molecule has 7 heteroatoms. The van der Waals surface area contributed by atoms with Gasteiger partial charge >= 0.3 is 7.12 Å². The van der Waals surface area contributed by atoms with E-state index in [2.05, 4.69) is 6.92 Å². The van der Waals surface area contributed by atoms with Crippen molar-refractivity contribution in [3.63, 3.8) is 0 Å². The van der Waals surface area contributed by atoms with Crippen molar-refractivity contribution in [3.8, 4) is 0 Å². The van der Waals surface area contributed by atoms with E-state index >= 15 is 8.78 Å². The van der Waals surface area contributed by atoms with Gasteiger partial charge in [0.1, 0.15) is 0 Å². The van der Waals surface area contributed by atoms with Crippen LogP contribution in [0.1, 0.15) is 63.9 Å². The van der Waals surface area contributed by atoms with Crippen LogP contribution in [0.5, 0.6) is 0 Å². The molecule has 1 aliphatic heterocycles. The Morgan fingerprint density at radius 2 is 1.59 bits per heavy atom. The summed E-state index contributed by atoms with van der Waals surface area (Å²) in [4.78, 5) is 0. The maximum absolute atomic E-state index is 15.7. The topological polar surface area (TPSA) is 58.9 Å². The zero-order chi connectivity index (χ0) is 23.0. The van der Waals surface area contributed by atoms with E-state index in [9.17, 15) is 10.0 Å². The Bertz CT molecular complexity index is 762. The molecule has 2 aliphatic rings. The molecule has 2 unspecified atom stereocenters. The molecular formula is C25H35BF2O4. The normalized spacial score (nSPS) is 28.2. The number of hydrogen-bond acceptors (Lipinski definition) is 4. The maximum Gasteiger partial charge on any atom is 0.500 e. The lowest BCUT2D eigenvalue weighted by atomic mass is 9.58. The number of halogens is 2. The van der Waals surface area contributed by atoms with E-state index in [4.69, 9.17) is 9.47 Å². The van der Waals surface area contributed by atoms with Crippen LogP contribution in [0.2, 0.25) is 0 Å². The van der Waals surface area contributed by atoms with Crippen molar-refractivity contribution in [2.45, 2.75) is 76.3 Å². The van der Waals surface area contributed by atoms with Crippen LogP contribution in [0.25, 0.3) is 5.57 Å². The first-order valence-corrected chi connectivity index (χ1v) is 11.9. The molecule has 3 rings (SSSR count). The largest absolute Gasteiger partial charge is 0.500 e. The highest BCUT2D eigenvalue weighted by Crippen LogP contribution is 2.44. The molecule has 0 spiro atoms. The molecule has 1 heterocycles. The molecule has 1 aliphatic carbocycles. The van der Waals surface area contributed by atoms with Crippen LogP contribution in [0.3, 0.4) is 0 Å². The van der Waals surface area contributed by atoms with Crippen LogP contribution in [0.4, 0.5) is 8.78 Å². The van der Waals surface area contributed by atoms with Crippen LogP contribution >= 0.6 is 0 Å². The lowest BCUT2D eigenvalue weighted by Gasteiger charge is -2.38. The summed E-state index contributed by atoms with van der Waals surface area (Å²) in [5.74, 6) is 0.234. The van der Waals surface area contributed by atoms with Crippen molar-refractivity contribution in [1.82, 2.24) is 0 Å². The van der Waals surface area contributed by atoms with Crippen LogP contribution < -0.4 is 0 Å². The Hall–Kier alpha value is -1.54. The van der Waals surface area contributed by atoms with E-state index in [1.807, 2.05) is 0 Å². The van der Waals surface area contributed by atoms with Gasteiger partial charge in [-0.3, -0.25) is 0 Å². The minimum atomic E-state index is -3.01. The third-order valence-electron chi connectivity index (χ3n) is 6.43. The zero-order valence-corrected chi connectivity index (χ0v) is 18.9. The lowest BCUT2D eigenvalue weighted by molar-refractivity contribution is -0.186. The van der Waals surface area contributed by atoms with Gasteiger partial charge in [-0.2, -0.15) is 0 Å². The third kappa shape index (κ3) is 5.87. The molecule has 0 aromatic heterocycles. The third-order valence-corrected chi connectivity index (χ3v) is 6.43. The van der Waals surface area contributed by atoms with Crippen molar-refractivity contribution in [2.75, 3.05) is 13.2 Å². The number of unbranched alkanes of at least 4 members (excludes halogenated alkanes) is 6. The Kier molecular flexibility index (Phi) is 9.47. The van der Waals surface area contributed by atoms with Gasteiger partial charge < -0.3 is 19.5 Å². The Labute approximate surface area is 190 Å². The number of rotatable bonds is 11. The minimum absolute atomic E-state index is 0.0605. The number of alkyl halides is 2. The van der Waals surface area contributed by atoms with Gasteiger partial charge in [-0.1, -0.05) is 94.4 Å². The number of ether oxygens (including phenoxy) is 2. The van der Waals surface area contributed by atoms with Crippen molar-refractivity contribution >= 4 is 12.7 Å². The molecule has 176 valence electrons. The van der Waals surface area contributed by atoms with Crippen molar-refractivity contribution in [3.05, 3.63) is 53.6 Å². The highest BCUT2D eigenvalue weighted by molar-refractivity contribution is 6.49. The summed E-state index contributed by atoms with van der Waals surface area (Å²) in [6, 6.07) is 8.34. The Morgan fingerprint density at radius 1 is 0.969 bits per heavy atom. The standard InChI is InChI=1S/C25H35BF2O4/c1-2-3-4-5-6-7-9-12-19-17-31-24(32-18-19)21-15-16-22(20-13-10-8-11-14-20)25(28,23(21)27)26(29)30/h8,10-11,13-16,19,23-24,29-30H,2-7,9,12,17-18H2,1H3. The predicted molar refractivity (Wildman–Crippen MR) is 123 cm³/mol. The van der Waals surface area contributed by atoms with Crippen molar-refractivity contribution < 1.29 is 28.3 Å². The summed E-state index contributed by atoms with van der Waals surface area (Å²) in [5.41, 5.74) is -2.79. The van der Waals surface area contributed by atoms with Gasteiger partial charge in [0, 0.05) is 11.5 Å². The first-order valence-electron chi connectivity index (χ1n) is 11.9. The fourth-order valence-electron chi connectivity index (χ4n) is 4.47. The second-order valence-corrected chi connectivity index (χ2v) is 8.89. The Balaban J connectivity index is 1.57. The monoisotopic (exact) mass is 448 g/mol. The summed E-state index contributed by atoms with van der Waals surface area (Å²) >= 11 is 0. The molecule has 4 nitrogen and oxygen atoms in total. The summed E-state index contributed by atoms with van der Waals surface area (Å²) in [7, 11) is -2.53. The molecule has 1 saturated heterocycles. The molecule has 2 N–H and O–H groups in total. The van der Waals surface area contributed by atoms with Gasteiger partial charge in [0.15, 0.2) is 12.5 Å². The number of hydrogen-bond donors (Lipinski definition) is 2. The second kappa shape index (κ2) is 12.1. The minimum Gasteiger partial charge on any atom is -0.425 e. The zero-order valence-electron chi connectivity index (χ0n) is 18.9. The van der Waals surface area contributed by atoms with Crippen molar-refractivity contribution in [2.24, 2.45) is 5.92 Å². The van der Waals surface area contributed by atoms with E-state index in [0.29, 0.717) is 18.8 Å². The van der Waals surface area contributed by atoms with E-state index in [1.165, 1.54) is 50.7 Å². The molecule has 32 heavy (non-hydrogen) atoms. The SMILES string of the molecule is CCCCCCCCCC1COC(C2=CC=C(c3ccccc3)C(F)(B(O)O)C2F)OC1. The first kappa shape index (κ1) is 25.1. The predicted octanol–water partition coefficient (Wildman–Crippen LogP) is 5.20. The van der Waals surface area contributed by atoms with Crippen LogP contribution in [0.15, 0.2) is 48.1 Å². The molecular weight excluding hydrogens is 413 g/mol. The van der Waals surface area contributed by atoms with E-state index in [0.717, 1.165) is 12.8 Å². The summed E-state index contributed by atoms with van der Waals surface area (Å²) in [6.45, 7) is 3.05. The van der Waals surface area contributed by atoms with Crippen molar-refractivity contribution in [1.29, 1.82) is 0 Å². The highest BCUT2D eigenvalue weighted by atomic mass is 19.2. The summed E-state index contributed by atoms with van der Waals surface area (Å²) in [5, 5.41) is 19.6. The first-order chi connectivity index (χ1) is 15.5. The van der Waals surface area contributed by atoms with Gasteiger partial charge in [-0.25, -0.2) is 8.78 Å². The number of allylic oxidation sites excluding steroid dienone is 3. The molecule has 0 bridgehead atoms. The smallest absolute Gasteiger partial charge is 0.425 e. The van der Waals surface area contributed by atoms with Gasteiger partial charge in [-0.05, 0) is 17.6 Å². The lowest BCUT2D eigenvalue weighted by Crippen LogP contribution is -2.54. The molecule has 0 radical (unpaired) electrons. The molecule has 1 fully saturated rings. The van der Waals surface area contributed by atoms with Crippen LogP contribution in [-0.2, 0) is 9.47 Å². The molecule has 0 saturated carbocycles. The average Bonchev–Trinajstić information content (AvgIpc) is 2.81.